The highest BCUT2D eigenvalue weighted by atomic mass is 32.2. The number of nitrogens with zero attached hydrogens (tertiary/aromatic N) is 3. The second kappa shape index (κ2) is 7.25. The van der Waals surface area contributed by atoms with Crippen LogP contribution in [0.15, 0.2) is 47.4 Å². The lowest BCUT2D eigenvalue weighted by Crippen LogP contribution is -2.39. The van der Waals surface area contributed by atoms with E-state index in [0.29, 0.717) is 37.9 Å². The Balaban J connectivity index is 1.48. The lowest BCUT2D eigenvalue weighted by Gasteiger charge is -2.31. The first-order valence-corrected chi connectivity index (χ1v) is 10.7. The second-order valence-corrected chi connectivity index (χ2v) is 9.09. The number of rotatable bonds is 4. The molecule has 0 spiro atoms. The Labute approximate surface area is 162 Å². The fourth-order valence-electron chi connectivity index (χ4n) is 3.84. The largest absolute Gasteiger partial charge is 0.328 e. The molecule has 3 aromatic rings. The van der Waals surface area contributed by atoms with Crippen molar-refractivity contribution in [2.75, 3.05) is 13.1 Å². The highest BCUT2D eigenvalue weighted by Gasteiger charge is 2.31. The summed E-state index contributed by atoms with van der Waals surface area (Å²) in [5.74, 6) is -0.605. The van der Waals surface area contributed by atoms with Crippen molar-refractivity contribution in [3.63, 3.8) is 0 Å². The van der Waals surface area contributed by atoms with Crippen LogP contribution in [0.1, 0.15) is 18.7 Å². The number of sulfonamides is 1. The van der Waals surface area contributed by atoms with Crippen molar-refractivity contribution < 1.29 is 17.2 Å². The number of piperidine rings is 1. The molecule has 0 unspecified atom stereocenters. The van der Waals surface area contributed by atoms with E-state index in [2.05, 4.69) is 9.55 Å². The van der Waals surface area contributed by atoms with Gasteiger partial charge in [-0.3, -0.25) is 0 Å². The van der Waals surface area contributed by atoms with E-state index in [9.17, 15) is 17.2 Å². The van der Waals surface area contributed by atoms with Gasteiger partial charge >= 0.3 is 0 Å². The summed E-state index contributed by atoms with van der Waals surface area (Å²) in [6.07, 6.45) is 1.35. The van der Waals surface area contributed by atoms with Crippen molar-refractivity contribution in [1.29, 1.82) is 0 Å². The summed E-state index contributed by atoms with van der Waals surface area (Å²) in [6.45, 7) is 3.37. The van der Waals surface area contributed by atoms with Crippen LogP contribution >= 0.6 is 0 Å². The highest BCUT2D eigenvalue weighted by Crippen LogP contribution is 2.28. The van der Waals surface area contributed by atoms with Gasteiger partial charge in [0.05, 0.1) is 11.0 Å². The van der Waals surface area contributed by atoms with Gasteiger partial charge in [-0.2, -0.15) is 4.31 Å². The summed E-state index contributed by atoms with van der Waals surface area (Å²) in [5.41, 5.74) is 2.02. The van der Waals surface area contributed by atoms with E-state index < -0.39 is 26.6 Å². The molecule has 148 valence electrons. The Morgan fingerprint density at radius 3 is 2.54 bits per heavy atom. The third-order valence-corrected chi connectivity index (χ3v) is 7.30. The number of halogens is 2. The van der Waals surface area contributed by atoms with Gasteiger partial charge in [-0.05, 0) is 49.9 Å². The number of hydrogen-bond acceptors (Lipinski definition) is 3. The van der Waals surface area contributed by atoms with Crippen LogP contribution in [0.25, 0.3) is 11.0 Å². The number of aromatic nitrogens is 2. The van der Waals surface area contributed by atoms with Gasteiger partial charge in [0.25, 0.3) is 0 Å². The van der Waals surface area contributed by atoms with E-state index >= 15 is 0 Å². The lowest BCUT2D eigenvalue weighted by atomic mass is 9.98. The molecule has 0 N–H and O–H groups in total. The summed E-state index contributed by atoms with van der Waals surface area (Å²) in [7, 11) is -3.97. The zero-order chi connectivity index (χ0) is 19.9. The fraction of sp³-hybridized carbons (Fsp3) is 0.350. The molecule has 0 aliphatic carbocycles. The van der Waals surface area contributed by atoms with E-state index in [4.69, 9.17) is 0 Å². The number of benzene rings is 2. The maximum absolute atomic E-state index is 14.0. The minimum absolute atomic E-state index is 0.306. The van der Waals surface area contributed by atoms with Crippen molar-refractivity contribution in [2.45, 2.75) is 31.2 Å². The van der Waals surface area contributed by atoms with E-state index in [1.54, 1.807) is 0 Å². The average molecular weight is 405 g/mol. The Bertz CT molecular complexity index is 1120. The molecule has 0 bridgehead atoms. The first-order valence-electron chi connectivity index (χ1n) is 9.23. The maximum atomic E-state index is 14.0. The molecule has 0 radical (unpaired) electrons. The molecular formula is C20H21F2N3O2S. The van der Waals surface area contributed by atoms with E-state index in [0.717, 1.165) is 35.5 Å². The molecule has 1 aliphatic heterocycles. The molecule has 1 aromatic heterocycles. The summed E-state index contributed by atoms with van der Waals surface area (Å²) >= 11 is 0. The zero-order valence-corrected chi connectivity index (χ0v) is 16.3. The smallest absolute Gasteiger partial charge is 0.245 e. The van der Waals surface area contributed by atoms with Crippen LogP contribution in [0, 0.1) is 24.5 Å². The summed E-state index contributed by atoms with van der Waals surface area (Å²) in [4.78, 5) is 4.10. The highest BCUT2D eigenvalue weighted by molar-refractivity contribution is 7.89. The molecule has 8 heteroatoms. The maximum Gasteiger partial charge on any atom is 0.245 e. The monoisotopic (exact) mass is 405 g/mol. The van der Waals surface area contributed by atoms with Crippen LogP contribution in [0.5, 0.6) is 0 Å². The fourth-order valence-corrected chi connectivity index (χ4v) is 5.36. The standard InChI is InChI=1S/C20H21F2N3O2S/c1-14-23-18-4-2-3-5-19(18)25(14)13-15-8-10-24(11-9-15)28(26,27)20-7-6-16(21)12-17(20)22/h2-7,12,15H,8-11,13H2,1H3. The molecule has 2 heterocycles. The molecule has 2 aromatic carbocycles. The SMILES string of the molecule is Cc1nc2ccccc2n1CC1CCN(S(=O)(=O)c2ccc(F)cc2F)CC1. The average Bonchev–Trinajstić information content (AvgIpc) is 2.97. The molecule has 0 saturated carbocycles. The Hall–Kier alpha value is -2.32. The Kier molecular flexibility index (Phi) is 4.93. The minimum Gasteiger partial charge on any atom is -0.328 e. The van der Waals surface area contributed by atoms with Crippen molar-refractivity contribution in [3.8, 4) is 0 Å². The first-order chi connectivity index (χ1) is 13.4. The molecule has 0 atom stereocenters. The Morgan fingerprint density at radius 1 is 1.11 bits per heavy atom. The molecular weight excluding hydrogens is 384 g/mol. The number of fused-ring (bicyclic) bond motifs is 1. The quantitative estimate of drug-likeness (QED) is 0.665. The number of imidazole rings is 1. The number of hydrogen-bond donors (Lipinski definition) is 0. The first kappa shape index (κ1) is 19.0. The van der Waals surface area contributed by atoms with Crippen LogP contribution in [-0.4, -0.2) is 35.4 Å². The topological polar surface area (TPSA) is 55.2 Å². The summed E-state index contributed by atoms with van der Waals surface area (Å²) < 4.78 is 56.0. The van der Waals surface area contributed by atoms with Crippen molar-refractivity contribution in [1.82, 2.24) is 13.9 Å². The minimum atomic E-state index is -3.97. The van der Waals surface area contributed by atoms with Gasteiger partial charge in [0.15, 0.2) is 0 Å². The summed E-state index contributed by atoms with van der Waals surface area (Å²) in [6, 6.07) is 10.5. The molecule has 1 fully saturated rings. The van der Waals surface area contributed by atoms with Crippen molar-refractivity contribution >= 4 is 21.1 Å². The third kappa shape index (κ3) is 3.42. The van der Waals surface area contributed by atoms with Gasteiger partial charge in [-0.15, -0.1) is 0 Å². The van der Waals surface area contributed by atoms with Gasteiger partial charge in [-0.1, -0.05) is 12.1 Å². The van der Waals surface area contributed by atoms with Gasteiger partial charge in [0, 0.05) is 25.7 Å². The number of aryl methyl sites for hydroxylation is 1. The van der Waals surface area contributed by atoms with Crippen LogP contribution in [-0.2, 0) is 16.6 Å². The van der Waals surface area contributed by atoms with E-state index in [1.807, 2.05) is 31.2 Å². The molecule has 28 heavy (non-hydrogen) atoms. The van der Waals surface area contributed by atoms with Crippen LogP contribution < -0.4 is 0 Å². The van der Waals surface area contributed by atoms with E-state index in [-0.39, 0.29) is 0 Å². The molecule has 5 nitrogen and oxygen atoms in total. The summed E-state index contributed by atoms with van der Waals surface area (Å²) in [5, 5.41) is 0. The van der Waals surface area contributed by atoms with Gasteiger partial charge in [0.1, 0.15) is 22.4 Å². The predicted molar refractivity (Wildman–Crippen MR) is 102 cm³/mol. The molecule has 4 rings (SSSR count). The van der Waals surface area contributed by atoms with Gasteiger partial charge in [-0.25, -0.2) is 22.2 Å². The predicted octanol–water partition coefficient (Wildman–Crippen LogP) is 3.72. The normalized spacial score (nSPS) is 16.7. The van der Waals surface area contributed by atoms with Crippen molar-refractivity contribution in [3.05, 3.63) is 59.9 Å². The van der Waals surface area contributed by atoms with Gasteiger partial charge in [0.2, 0.25) is 10.0 Å². The van der Waals surface area contributed by atoms with E-state index in [1.165, 1.54) is 4.31 Å². The Morgan fingerprint density at radius 2 is 1.82 bits per heavy atom. The van der Waals surface area contributed by atoms with Gasteiger partial charge < -0.3 is 4.57 Å². The van der Waals surface area contributed by atoms with Crippen LogP contribution in [0.2, 0.25) is 0 Å². The second-order valence-electron chi connectivity index (χ2n) is 7.18. The van der Waals surface area contributed by atoms with Crippen LogP contribution in [0.4, 0.5) is 8.78 Å². The zero-order valence-electron chi connectivity index (χ0n) is 15.5. The lowest BCUT2D eigenvalue weighted by molar-refractivity contribution is 0.253. The third-order valence-electron chi connectivity index (χ3n) is 5.37. The van der Waals surface area contributed by atoms with Crippen LogP contribution in [0.3, 0.4) is 0 Å². The molecule has 0 amide bonds. The number of para-hydroxylation sites is 2. The molecule has 1 aliphatic rings. The van der Waals surface area contributed by atoms with Crippen molar-refractivity contribution in [2.24, 2.45) is 5.92 Å². The molecule has 1 saturated heterocycles.